The van der Waals surface area contributed by atoms with Crippen molar-refractivity contribution in [1.82, 2.24) is 20.3 Å². The van der Waals surface area contributed by atoms with Gasteiger partial charge in [-0.05, 0) is 33.2 Å². The minimum Gasteiger partial charge on any atom is -0.506 e. The molecule has 1 atom stereocenters. The first kappa shape index (κ1) is 17.6. The summed E-state index contributed by atoms with van der Waals surface area (Å²) >= 11 is 0. The van der Waals surface area contributed by atoms with Crippen LogP contribution < -0.4 is 10.6 Å². The predicted octanol–water partition coefficient (Wildman–Crippen LogP) is 1.77. The van der Waals surface area contributed by atoms with E-state index in [1.807, 2.05) is 13.0 Å². The molecule has 0 spiro atoms. The van der Waals surface area contributed by atoms with Crippen molar-refractivity contribution in [2.24, 2.45) is 0 Å². The van der Waals surface area contributed by atoms with Crippen LogP contribution >= 0.6 is 0 Å². The molecular formula is C18H25N5O2. The second kappa shape index (κ2) is 7.76. The third-order valence-electron chi connectivity index (χ3n) is 4.62. The molecule has 4 N–H and O–H groups in total. The van der Waals surface area contributed by atoms with E-state index >= 15 is 0 Å². The molecule has 1 saturated heterocycles. The number of piperidine rings is 1. The van der Waals surface area contributed by atoms with Crippen LogP contribution in [0.15, 0.2) is 12.3 Å². The number of nitrogens with one attached hydrogen (secondary N) is 2. The molecule has 0 bridgehead atoms. The zero-order valence-electron chi connectivity index (χ0n) is 14.7. The van der Waals surface area contributed by atoms with E-state index in [1.165, 1.54) is 0 Å². The van der Waals surface area contributed by atoms with Crippen LogP contribution in [0, 0.1) is 13.8 Å². The normalized spacial score (nSPS) is 17.5. The quantitative estimate of drug-likeness (QED) is 0.656. The largest absolute Gasteiger partial charge is 0.506 e. The number of aryl methyl sites for hydroxylation is 2. The molecule has 2 aromatic rings. The third-order valence-corrected chi connectivity index (χ3v) is 4.62. The molecule has 134 valence electrons. The van der Waals surface area contributed by atoms with Gasteiger partial charge < -0.3 is 20.8 Å². The first-order chi connectivity index (χ1) is 12.1. The van der Waals surface area contributed by atoms with Gasteiger partial charge in [0.25, 0.3) is 0 Å². The van der Waals surface area contributed by atoms with Crippen molar-refractivity contribution < 1.29 is 10.2 Å². The van der Waals surface area contributed by atoms with Gasteiger partial charge in [0.2, 0.25) is 0 Å². The van der Waals surface area contributed by atoms with Gasteiger partial charge in [-0.1, -0.05) is 0 Å². The van der Waals surface area contributed by atoms with E-state index < -0.39 is 0 Å². The number of pyridine rings is 1. The molecule has 1 aliphatic heterocycles. The Hall–Kier alpha value is -2.25. The van der Waals surface area contributed by atoms with E-state index in [0.29, 0.717) is 29.3 Å². The van der Waals surface area contributed by atoms with Gasteiger partial charge in [-0.15, -0.1) is 0 Å². The second-order valence-electron chi connectivity index (χ2n) is 6.48. The molecule has 25 heavy (non-hydrogen) atoms. The van der Waals surface area contributed by atoms with Gasteiger partial charge in [0, 0.05) is 42.4 Å². The van der Waals surface area contributed by atoms with Crippen LogP contribution in [0.25, 0.3) is 0 Å². The molecule has 7 nitrogen and oxygen atoms in total. The minimum atomic E-state index is -0.167. The Morgan fingerprint density at radius 1 is 1.32 bits per heavy atom. The fourth-order valence-electron chi connectivity index (χ4n) is 3.19. The number of anilines is 1. The average molecular weight is 343 g/mol. The number of aromatic hydroxyl groups is 1. The highest BCUT2D eigenvalue weighted by molar-refractivity contribution is 5.45. The zero-order valence-corrected chi connectivity index (χ0v) is 14.7. The molecule has 1 fully saturated rings. The Morgan fingerprint density at radius 3 is 2.88 bits per heavy atom. The van der Waals surface area contributed by atoms with Crippen molar-refractivity contribution in [3.05, 3.63) is 40.6 Å². The first-order valence-corrected chi connectivity index (χ1v) is 8.66. The monoisotopic (exact) mass is 343 g/mol. The lowest BCUT2D eigenvalue weighted by Crippen LogP contribution is -2.29. The van der Waals surface area contributed by atoms with Crippen LogP contribution in [0.2, 0.25) is 0 Å². The van der Waals surface area contributed by atoms with Crippen LogP contribution in [-0.2, 0) is 13.2 Å². The molecule has 0 radical (unpaired) electrons. The summed E-state index contributed by atoms with van der Waals surface area (Å²) in [4.78, 5) is 13.1. The topological polar surface area (TPSA) is 103 Å². The van der Waals surface area contributed by atoms with E-state index in [1.54, 1.807) is 13.1 Å². The van der Waals surface area contributed by atoms with Crippen molar-refractivity contribution in [2.45, 2.75) is 45.8 Å². The lowest BCUT2D eigenvalue weighted by molar-refractivity contribution is 0.279. The highest BCUT2D eigenvalue weighted by Crippen LogP contribution is 2.26. The summed E-state index contributed by atoms with van der Waals surface area (Å²) in [6.45, 7) is 5.83. The van der Waals surface area contributed by atoms with Crippen molar-refractivity contribution in [3.8, 4) is 5.75 Å². The predicted molar refractivity (Wildman–Crippen MR) is 95.5 cm³/mol. The molecule has 0 unspecified atom stereocenters. The van der Waals surface area contributed by atoms with Gasteiger partial charge >= 0.3 is 0 Å². The van der Waals surface area contributed by atoms with E-state index in [9.17, 15) is 10.2 Å². The summed E-state index contributed by atoms with van der Waals surface area (Å²) in [5, 5.41) is 26.4. The Morgan fingerprint density at radius 2 is 2.16 bits per heavy atom. The van der Waals surface area contributed by atoms with Crippen molar-refractivity contribution in [2.75, 3.05) is 18.4 Å². The molecule has 0 amide bonds. The van der Waals surface area contributed by atoms with Crippen LogP contribution in [-0.4, -0.2) is 38.3 Å². The Balaban J connectivity index is 1.80. The van der Waals surface area contributed by atoms with E-state index in [-0.39, 0.29) is 12.4 Å². The maximum Gasteiger partial charge on any atom is 0.142 e. The summed E-state index contributed by atoms with van der Waals surface area (Å²) in [7, 11) is 0. The minimum absolute atomic E-state index is 0.113. The molecule has 2 aromatic heterocycles. The summed E-state index contributed by atoms with van der Waals surface area (Å²) in [6.07, 6.45) is 3.87. The molecule has 3 heterocycles. The highest BCUT2D eigenvalue weighted by Gasteiger charge is 2.18. The number of rotatable bonds is 5. The van der Waals surface area contributed by atoms with Gasteiger partial charge in [0.05, 0.1) is 18.0 Å². The zero-order chi connectivity index (χ0) is 17.8. The third kappa shape index (κ3) is 4.05. The molecule has 0 saturated carbocycles. The first-order valence-electron chi connectivity index (χ1n) is 8.66. The van der Waals surface area contributed by atoms with Crippen LogP contribution in [0.3, 0.4) is 0 Å². The highest BCUT2D eigenvalue weighted by atomic mass is 16.3. The smallest absolute Gasteiger partial charge is 0.142 e. The maximum atomic E-state index is 10.2. The lowest BCUT2D eigenvalue weighted by Gasteiger charge is -2.23. The number of hydrogen-bond donors (Lipinski definition) is 4. The SMILES string of the molecule is Cc1nc(NCc2c(CO)cnc(C)c2O)cc([C@H]2CCCNC2)n1. The maximum absolute atomic E-state index is 10.2. The molecule has 0 aliphatic carbocycles. The average Bonchev–Trinajstić information content (AvgIpc) is 2.63. The van der Waals surface area contributed by atoms with Crippen molar-refractivity contribution in [1.29, 1.82) is 0 Å². The number of aliphatic hydroxyl groups excluding tert-OH is 1. The van der Waals surface area contributed by atoms with Crippen LogP contribution in [0.1, 0.15) is 47.1 Å². The van der Waals surface area contributed by atoms with Gasteiger partial charge in [-0.2, -0.15) is 0 Å². The van der Waals surface area contributed by atoms with Gasteiger partial charge in [-0.3, -0.25) is 4.98 Å². The van der Waals surface area contributed by atoms with Crippen molar-refractivity contribution in [3.63, 3.8) is 0 Å². The Bertz CT molecular complexity index is 744. The Labute approximate surface area is 147 Å². The number of hydrogen-bond acceptors (Lipinski definition) is 7. The standard InChI is InChI=1S/C18H25N5O2/c1-11-18(25)15(14(10-24)8-20-11)9-21-17-6-16(22-12(2)23-17)13-4-3-5-19-7-13/h6,8,13,19,24-25H,3-5,7,9-10H2,1-2H3,(H,21,22,23)/t13-/m0/s1. The molecule has 1 aliphatic rings. The second-order valence-corrected chi connectivity index (χ2v) is 6.48. The molecule has 3 rings (SSSR count). The van der Waals surface area contributed by atoms with Gasteiger partial charge in [-0.25, -0.2) is 9.97 Å². The van der Waals surface area contributed by atoms with Gasteiger partial charge in [0.15, 0.2) is 0 Å². The fraction of sp³-hybridized carbons (Fsp3) is 0.500. The summed E-state index contributed by atoms with van der Waals surface area (Å²) < 4.78 is 0. The number of aromatic nitrogens is 3. The van der Waals surface area contributed by atoms with E-state index in [4.69, 9.17) is 0 Å². The molecule has 7 heteroatoms. The molecule has 0 aromatic carbocycles. The van der Waals surface area contributed by atoms with E-state index in [2.05, 4.69) is 25.6 Å². The summed E-state index contributed by atoms with van der Waals surface area (Å²) in [6, 6.07) is 1.98. The van der Waals surface area contributed by atoms with E-state index in [0.717, 1.165) is 43.3 Å². The van der Waals surface area contributed by atoms with Crippen molar-refractivity contribution >= 4 is 5.82 Å². The number of aliphatic hydroxyl groups is 1. The van der Waals surface area contributed by atoms with Crippen LogP contribution in [0.4, 0.5) is 5.82 Å². The molecular weight excluding hydrogens is 318 g/mol. The number of nitrogens with zero attached hydrogens (tertiary/aromatic N) is 3. The lowest BCUT2D eigenvalue weighted by atomic mass is 9.96. The summed E-state index contributed by atoms with van der Waals surface area (Å²) in [5.41, 5.74) is 2.84. The summed E-state index contributed by atoms with van der Waals surface area (Å²) in [5.74, 6) is 1.97. The van der Waals surface area contributed by atoms with Crippen LogP contribution in [0.5, 0.6) is 5.75 Å². The fourth-order valence-corrected chi connectivity index (χ4v) is 3.19. The Kier molecular flexibility index (Phi) is 5.45. The van der Waals surface area contributed by atoms with Gasteiger partial charge in [0.1, 0.15) is 17.4 Å².